The van der Waals surface area contributed by atoms with Gasteiger partial charge in [0.15, 0.2) is 0 Å². The van der Waals surface area contributed by atoms with Gasteiger partial charge in [0.1, 0.15) is 22.3 Å². The van der Waals surface area contributed by atoms with Gasteiger partial charge >= 0.3 is 6.09 Å². The molecule has 0 radical (unpaired) electrons. The zero-order valence-electron chi connectivity index (χ0n) is 32.6. The molecule has 1 aromatic heterocycles. The summed E-state index contributed by atoms with van der Waals surface area (Å²) in [6.07, 6.45) is 2.41. The van der Waals surface area contributed by atoms with Crippen LogP contribution in [0.2, 0.25) is 0 Å². The molecule has 3 aromatic carbocycles. The van der Waals surface area contributed by atoms with Gasteiger partial charge in [-0.05, 0) is 111 Å². The number of carbonyl (C=O) groups is 3. The zero-order valence-corrected chi connectivity index (χ0v) is 33.4. The van der Waals surface area contributed by atoms with Crippen molar-refractivity contribution in [3.8, 4) is 28.3 Å². The lowest BCUT2D eigenvalue weighted by molar-refractivity contribution is -0.130. The number of alkyl carbamates (subject to hydrolysis) is 1. The predicted octanol–water partition coefficient (Wildman–Crippen LogP) is 4.56. The Morgan fingerprint density at radius 1 is 0.947 bits per heavy atom. The molecule has 57 heavy (non-hydrogen) atoms. The number of hydrogen-bond donors (Lipinski definition) is 4. The number of hydrogen-bond acceptors (Lipinski definition) is 11. The molecule has 4 aromatic rings. The standard InChI is InChI=1S/C40H50N8O8S/c1-40(2,3)56-39(51)41-25-26-8-10-29(11-9-26)37(49)43-33(38(50)42-32-15-12-28(13-16-32)36-44-46-47-45-36)23-27-6-5-7-30(22-27)31-14-17-34(54-4)35(24-31)57(52,53)48-18-20-55-21-19-48/h5-7,12-17,22,24,26,29,33H,8-11,18-21,23,25H2,1-4H3,(H,41,51)(H,42,50)(H,43,49)(H,44,45,46,47)/t26?,29?,33-/m0/s1. The van der Waals surface area contributed by atoms with E-state index in [0.717, 1.165) is 24.0 Å². The van der Waals surface area contributed by atoms with Gasteiger partial charge in [-0.1, -0.05) is 30.3 Å². The number of rotatable bonds is 13. The first kappa shape index (κ1) is 41.2. The van der Waals surface area contributed by atoms with Gasteiger partial charge in [-0.25, -0.2) is 13.2 Å². The van der Waals surface area contributed by atoms with Crippen LogP contribution in [0.15, 0.2) is 71.6 Å². The van der Waals surface area contributed by atoms with Crippen LogP contribution in [0.1, 0.15) is 52.0 Å². The number of nitrogens with one attached hydrogen (secondary N) is 4. The highest BCUT2D eigenvalue weighted by Gasteiger charge is 2.32. The van der Waals surface area contributed by atoms with E-state index < -0.39 is 33.7 Å². The maximum atomic E-state index is 14.0. The molecule has 0 spiro atoms. The molecule has 1 saturated heterocycles. The fraction of sp³-hybridized carbons (Fsp3) is 0.450. The van der Waals surface area contributed by atoms with Gasteiger partial charge < -0.3 is 30.2 Å². The highest BCUT2D eigenvalue weighted by molar-refractivity contribution is 7.89. The van der Waals surface area contributed by atoms with E-state index in [1.54, 1.807) is 42.5 Å². The number of nitrogens with zero attached hydrogens (tertiary/aromatic N) is 4. The number of methoxy groups -OCH3 is 1. The molecule has 16 nitrogen and oxygen atoms in total. The predicted molar refractivity (Wildman–Crippen MR) is 212 cm³/mol. The van der Waals surface area contributed by atoms with Crippen molar-refractivity contribution in [1.29, 1.82) is 0 Å². The van der Waals surface area contributed by atoms with E-state index in [2.05, 4.69) is 36.6 Å². The Labute approximate surface area is 332 Å². The lowest BCUT2D eigenvalue weighted by atomic mass is 9.81. The van der Waals surface area contributed by atoms with E-state index in [1.165, 1.54) is 11.4 Å². The van der Waals surface area contributed by atoms with Gasteiger partial charge in [0, 0.05) is 43.2 Å². The summed E-state index contributed by atoms with van der Waals surface area (Å²) in [7, 11) is -2.43. The Balaban J connectivity index is 1.18. The minimum Gasteiger partial charge on any atom is -0.495 e. The molecular weight excluding hydrogens is 753 g/mol. The van der Waals surface area contributed by atoms with Gasteiger partial charge in [0.2, 0.25) is 27.7 Å². The zero-order chi connectivity index (χ0) is 40.6. The van der Waals surface area contributed by atoms with Crippen molar-refractivity contribution in [2.45, 2.75) is 69.4 Å². The minimum absolute atomic E-state index is 0.0556. The summed E-state index contributed by atoms with van der Waals surface area (Å²) < 4.78 is 45.0. The van der Waals surface area contributed by atoms with E-state index >= 15 is 0 Å². The molecule has 304 valence electrons. The van der Waals surface area contributed by atoms with Gasteiger partial charge in [-0.3, -0.25) is 9.59 Å². The summed E-state index contributed by atoms with van der Waals surface area (Å²) in [6.45, 7) is 7.02. The second kappa shape index (κ2) is 18.3. The molecule has 2 heterocycles. The Hall–Kier alpha value is -5.39. The number of aromatic amines is 1. The van der Waals surface area contributed by atoms with Crippen LogP contribution in [0.4, 0.5) is 10.5 Å². The van der Waals surface area contributed by atoms with E-state index in [4.69, 9.17) is 14.2 Å². The van der Waals surface area contributed by atoms with Crippen molar-refractivity contribution in [1.82, 2.24) is 35.6 Å². The van der Waals surface area contributed by atoms with E-state index in [1.807, 2.05) is 45.0 Å². The molecule has 1 aliphatic heterocycles. The summed E-state index contributed by atoms with van der Waals surface area (Å²) in [6, 6.07) is 18.5. The minimum atomic E-state index is -3.87. The van der Waals surface area contributed by atoms with Crippen LogP contribution in [0.25, 0.3) is 22.5 Å². The summed E-state index contributed by atoms with van der Waals surface area (Å²) in [5.74, 6) is -0.0635. The molecule has 2 fully saturated rings. The van der Waals surface area contributed by atoms with Crippen LogP contribution in [0.3, 0.4) is 0 Å². The number of sulfonamides is 1. The molecule has 6 rings (SSSR count). The van der Waals surface area contributed by atoms with Gasteiger partial charge in [-0.15, -0.1) is 10.2 Å². The van der Waals surface area contributed by atoms with Crippen LogP contribution in [-0.2, 0) is 35.5 Å². The summed E-state index contributed by atoms with van der Waals surface area (Å²) in [5.41, 5.74) is 2.77. The molecule has 3 amide bonds. The first-order chi connectivity index (χ1) is 27.3. The fourth-order valence-corrected chi connectivity index (χ4v) is 8.57. The topological polar surface area (TPSA) is 207 Å². The summed E-state index contributed by atoms with van der Waals surface area (Å²) >= 11 is 0. The SMILES string of the molecule is COc1ccc(-c2cccc(C[C@H](NC(=O)C3CCC(CNC(=O)OC(C)(C)C)CC3)C(=O)Nc3ccc(-c4nn[nH]n4)cc3)c2)cc1S(=O)(=O)N1CCOCC1. The van der Waals surface area contributed by atoms with Crippen LogP contribution in [0.5, 0.6) is 5.75 Å². The lowest BCUT2D eigenvalue weighted by Gasteiger charge is -2.29. The van der Waals surface area contributed by atoms with Crippen LogP contribution in [0, 0.1) is 11.8 Å². The number of carbonyl (C=O) groups excluding carboxylic acids is 3. The highest BCUT2D eigenvalue weighted by atomic mass is 32.2. The van der Waals surface area contributed by atoms with Gasteiger partial charge in [0.05, 0.1) is 20.3 Å². The average Bonchev–Trinajstić information content (AvgIpc) is 3.75. The molecule has 0 bridgehead atoms. The number of anilines is 1. The molecular formula is C40H50N8O8S. The van der Waals surface area contributed by atoms with E-state index in [0.29, 0.717) is 55.2 Å². The Kier molecular flexibility index (Phi) is 13.2. The van der Waals surface area contributed by atoms with Crippen molar-refractivity contribution >= 4 is 33.6 Å². The van der Waals surface area contributed by atoms with Crippen molar-refractivity contribution in [2.24, 2.45) is 11.8 Å². The van der Waals surface area contributed by atoms with Crippen molar-refractivity contribution < 1.29 is 37.0 Å². The first-order valence-corrected chi connectivity index (χ1v) is 20.5. The lowest BCUT2D eigenvalue weighted by Crippen LogP contribution is -2.48. The fourth-order valence-electron chi connectivity index (χ4n) is 6.98. The third kappa shape index (κ3) is 10.9. The van der Waals surface area contributed by atoms with Crippen LogP contribution in [-0.4, -0.2) is 103 Å². The number of morpholine rings is 1. The number of ether oxygens (including phenoxy) is 3. The molecule has 1 saturated carbocycles. The average molecular weight is 803 g/mol. The molecule has 0 unspecified atom stereocenters. The normalized spacial score (nSPS) is 18.2. The van der Waals surface area contributed by atoms with E-state index in [-0.39, 0.29) is 47.9 Å². The van der Waals surface area contributed by atoms with Gasteiger partial charge in [0.25, 0.3) is 0 Å². The number of H-pyrrole nitrogens is 1. The number of amides is 3. The van der Waals surface area contributed by atoms with Crippen molar-refractivity contribution in [3.05, 3.63) is 72.3 Å². The first-order valence-electron chi connectivity index (χ1n) is 19.1. The number of benzene rings is 3. The summed E-state index contributed by atoms with van der Waals surface area (Å²) in [5, 5.41) is 22.8. The van der Waals surface area contributed by atoms with Crippen molar-refractivity contribution in [2.75, 3.05) is 45.3 Å². The second-order valence-corrected chi connectivity index (χ2v) is 17.2. The summed E-state index contributed by atoms with van der Waals surface area (Å²) in [4.78, 5) is 40.0. The Morgan fingerprint density at radius 2 is 1.65 bits per heavy atom. The largest absolute Gasteiger partial charge is 0.495 e. The van der Waals surface area contributed by atoms with Crippen LogP contribution >= 0.6 is 0 Å². The van der Waals surface area contributed by atoms with Crippen LogP contribution < -0.4 is 20.7 Å². The Morgan fingerprint density at radius 3 is 2.32 bits per heavy atom. The number of tetrazole rings is 1. The second-order valence-electron chi connectivity index (χ2n) is 15.3. The van der Waals surface area contributed by atoms with Crippen molar-refractivity contribution in [3.63, 3.8) is 0 Å². The molecule has 1 atom stereocenters. The highest BCUT2D eigenvalue weighted by Crippen LogP contribution is 2.33. The molecule has 4 N–H and O–H groups in total. The molecule has 17 heteroatoms. The van der Waals surface area contributed by atoms with E-state index in [9.17, 15) is 22.8 Å². The maximum absolute atomic E-state index is 14.0. The molecule has 1 aliphatic carbocycles. The maximum Gasteiger partial charge on any atom is 0.407 e. The smallest absolute Gasteiger partial charge is 0.407 e. The molecule has 2 aliphatic rings. The van der Waals surface area contributed by atoms with Gasteiger partial charge in [-0.2, -0.15) is 9.52 Å². The third-order valence-corrected chi connectivity index (χ3v) is 11.9. The number of aromatic nitrogens is 4. The Bertz CT molecular complexity index is 2110. The third-order valence-electron chi connectivity index (χ3n) is 9.99. The quantitative estimate of drug-likeness (QED) is 0.147. The monoisotopic (exact) mass is 802 g/mol.